The molecular formula is C25H32N2O4S. The summed E-state index contributed by atoms with van der Waals surface area (Å²) in [5, 5.41) is 3.04. The largest absolute Gasteiger partial charge is 0.341 e. The summed E-state index contributed by atoms with van der Waals surface area (Å²) in [5.41, 5.74) is 0.00494. The zero-order valence-electron chi connectivity index (χ0n) is 18.8. The average Bonchev–Trinajstić information content (AvgIpc) is 2.81. The van der Waals surface area contributed by atoms with Crippen LogP contribution in [0, 0.1) is 0 Å². The Hall–Kier alpha value is -2.67. The van der Waals surface area contributed by atoms with Crippen molar-refractivity contribution in [3.63, 3.8) is 0 Å². The van der Waals surface area contributed by atoms with Gasteiger partial charge >= 0.3 is 0 Å². The van der Waals surface area contributed by atoms with Crippen molar-refractivity contribution in [2.75, 3.05) is 13.1 Å². The maximum Gasteiger partial charge on any atom is 0.252 e. The molecule has 2 aromatic rings. The highest BCUT2D eigenvalue weighted by Gasteiger charge is 2.42. The second-order valence-electron chi connectivity index (χ2n) is 8.35. The quantitative estimate of drug-likeness (QED) is 0.652. The van der Waals surface area contributed by atoms with Gasteiger partial charge in [0.2, 0.25) is 5.91 Å². The van der Waals surface area contributed by atoms with Crippen LogP contribution in [-0.4, -0.2) is 43.8 Å². The molecule has 0 spiro atoms. The van der Waals surface area contributed by atoms with Gasteiger partial charge in [-0.05, 0) is 56.5 Å². The lowest BCUT2D eigenvalue weighted by Crippen LogP contribution is -2.60. The molecule has 2 amide bonds. The van der Waals surface area contributed by atoms with Crippen molar-refractivity contribution in [1.82, 2.24) is 10.2 Å². The van der Waals surface area contributed by atoms with E-state index in [1.54, 1.807) is 59.5 Å². The monoisotopic (exact) mass is 456 g/mol. The first-order chi connectivity index (χ1) is 15.3. The summed E-state index contributed by atoms with van der Waals surface area (Å²) >= 11 is 0. The Morgan fingerprint density at radius 2 is 1.59 bits per heavy atom. The smallest absolute Gasteiger partial charge is 0.252 e. The first kappa shape index (κ1) is 24.0. The number of nitrogens with one attached hydrogen (secondary N) is 1. The molecule has 0 bridgehead atoms. The molecule has 2 aromatic carbocycles. The first-order valence-corrected chi connectivity index (χ1v) is 12.9. The van der Waals surface area contributed by atoms with E-state index in [0.717, 1.165) is 19.3 Å². The molecule has 1 N–H and O–H groups in total. The molecule has 6 nitrogen and oxygen atoms in total. The maximum absolute atomic E-state index is 13.3. The molecule has 1 aliphatic rings. The fourth-order valence-electron chi connectivity index (χ4n) is 4.38. The normalized spacial score (nSPS) is 15.7. The minimum Gasteiger partial charge on any atom is -0.341 e. The van der Waals surface area contributed by atoms with Crippen molar-refractivity contribution in [2.24, 2.45) is 0 Å². The average molecular weight is 457 g/mol. The molecule has 1 aliphatic carbocycles. The highest BCUT2D eigenvalue weighted by atomic mass is 32.2. The van der Waals surface area contributed by atoms with Crippen LogP contribution in [0.1, 0.15) is 61.9 Å². The zero-order chi connectivity index (χ0) is 23.2. The van der Waals surface area contributed by atoms with Crippen LogP contribution in [-0.2, 0) is 20.4 Å². The third-order valence-electron chi connectivity index (χ3n) is 6.17. The van der Waals surface area contributed by atoms with Crippen molar-refractivity contribution in [2.45, 2.75) is 62.1 Å². The van der Waals surface area contributed by atoms with Gasteiger partial charge in [0.15, 0.2) is 9.84 Å². The topological polar surface area (TPSA) is 83.6 Å². The summed E-state index contributed by atoms with van der Waals surface area (Å²) in [7, 11) is -3.52. The van der Waals surface area contributed by atoms with Crippen molar-refractivity contribution in [3.8, 4) is 0 Å². The van der Waals surface area contributed by atoms with Crippen LogP contribution in [0.25, 0.3) is 0 Å². The van der Waals surface area contributed by atoms with Crippen LogP contribution < -0.4 is 5.32 Å². The number of amides is 2. The number of likely N-dealkylation sites (N-methyl/N-ethyl adjacent to an activating group) is 1. The molecule has 1 saturated carbocycles. The van der Waals surface area contributed by atoms with Crippen molar-refractivity contribution < 1.29 is 18.0 Å². The van der Waals surface area contributed by atoms with E-state index in [1.165, 1.54) is 0 Å². The Labute approximate surface area is 190 Å². The van der Waals surface area contributed by atoms with Crippen molar-refractivity contribution >= 4 is 21.7 Å². The van der Waals surface area contributed by atoms with Gasteiger partial charge < -0.3 is 10.2 Å². The van der Waals surface area contributed by atoms with E-state index >= 15 is 0 Å². The second kappa shape index (κ2) is 10.3. The second-order valence-corrected chi connectivity index (χ2v) is 10.3. The number of nitrogens with zero attached hydrogens (tertiary/aromatic N) is 1. The number of hydrogen-bond acceptors (Lipinski definition) is 4. The minimum atomic E-state index is -3.52. The third-order valence-corrected chi connectivity index (χ3v) is 7.87. The molecule has 7 heteroatoms. The predicted molar refractivity (Wildman–Crippen MR) is 125 cm³/mol. The Bertz CT molecular complexity index is 1040. The Morgan fingerprint density at radius 1 is 0.938 bits per heavy atom. The first-order valence-electron chi connectivity index (χ1n) is 11.3. The van der Waals surface area contributed by atoms with Gasteiger partial charge in [-0.25, -0.2) is 8.42 Å². The fraction of sp³-hybridized carbons (Fsp3) is 0.440. The van der Waals surface area contributed by atoms with E-state index in [2.05, 4.69) is 5.32 Å². The number of hydrogen-bond donors (Lipinski definition) is 1. The van der Waals surface area contributed by atoms with E-state index < -0.39 is 15.4 Å². The fourth-order valence-corrected chi connectivity index (χ4v) is 5.74. The molecule has 0 radical (unpaired) electrons. The van der Waals surface area contributed by atoms with Gasteiger partial charge in [-0.3, -0.25) is 9.59 Å². The predicted octanol–water partition coefficient (Wildman–Crippen LogP) is 3.96. The van der Waals surface area contributed by atoms with Gasteiger partial charge in [-0.15, -0.1) is 0 Å². The van der Waals surface area contributed by atoms with Crippen LogP contribution in [0.3, 0.4) is 0 Å². The van der Waals surface area contributed by atoms with Crippen molar-refractivity contribution in [1.29, 1.82) is 0 Å². The highest BCUT2D eigenvalue weighted by Crippen LogP contribution is 2.31. The lowest BCUT2D eigenvalue weighted by molar-refractivity contribution is -0.139. The molecule has 0 atom stereocenters. The van der Waals surface area contributed by atoms with Crippen LogP contribution >= 0.6 is 0 Å². The van der Waals surface area contributed by atoms with Gasteiger partial charge in [0.1, 0.15) is 5.54 Å². The number of carbonyl (C=O) groups is 2. The summed E-state index contributed by atoms with van der Waals surface area (Å²) in [6.45, 7) is 5.08. The minimum absolute atomic E-state index is 0.0293. The van der Waals surface area contributed by atoms with E-state index in [-0.39, 0.29) is 22.5 Å². The molecule has 172 valence electrons. The standard InChI is InChI=1S/C25H32N2O4S/c1-3-27(4-2)24(29)25(16-9-6-10-17-25)26-23(28)21-13-11-12-20(18-21)19-32(30,31)22-14-7-5-8-15-22/h5,7-8,11-15,18H,3-4,6,9-10,16-17,19H2,1-2H3,(H,26,28). The molecule has 0 unspecified atom stereocenters. The SMILES string of the molecule is CCN(CC)C(=O)C1(NC(=O)c2cccc(CS(=O)(=O)c3ccccc3)c2)CCCCC1. The van der Waals surface area contributed by atoms with E-state index in [9.17, 15) is 18.0 Å². The molecule has 0 aliphatic heterocycles. The van der Waals surface area contributed by atoms with E-state index in [4.69, 9.17) is 0 Å². The summed E-state index contributed by atoms with van der Waals surface area (Å²) in [6, 6.07) is 14.9. The molecule has 0 aromatic heterocycles. The molecular weight excluding hydrogens is 424 g/mol. The third kappa shape index (κ3) is 5.38. The Balaban J connectivity index is 1.82. The number of rotatable bonds is 8. The lowest BCUT2D eigenvalue weighted by Gasteiger charge is -2.40. The van der Waals surface area contributed by atoms with Gasteiger partial charge in [0.05, 0.1) is 10.6 Å². The highest BCUT2D eigenvalue weighted by molar-refractivity contribution is 7.90. The molecule has 1 fully saturated rings. The van der Waals surface area contributed by atoms with Gasteiger partial charge in [-0.1, -0.05) is 49.6 Å². The molecule has 0 heterocycles. The van der Waals surface area contributed by atoms with Crippen molar-refractivity contribution in [3.05, 3.63) is 65.7 Å². The van der Waals surface area contributed by atoms with E-state index in [1.807, 2.05) is 13.8 Å². The van der Waals surface area contributed by atoms with Gasteiger partial charge in [0.25, 0.3) is 5.91 Å². The molecule has 32 heavy (non-hydrogen) atoms. The van der Waals surface area contributed by atoms with Gasteiger partial charge in [-0.2, -0.15) is 0 Å². The Kier molecular flexibility index (Phi) is 7.72. The molecule has 3 rings (SSSR count). The number of sulfone groups is 1. The molecule has 0 saturated heterocycles. The summed E-state index contributed by atoms with van der Waals surface area (Å²) in [6.07, 6.45) is 4.08. The van der Waals surface area contributed by atoms with Gasteiger partial charge in [0, 0.05) is 18.7 Å². The number of benzene rings is 2. The summed E-state index contributed by atoms with van der Waals surface area (Å²) in [4.78, 5) is 28.5. The maximum atomic E-state index is 13.3. The summed E-state index contributed by atoms with van der Waals surface area (Å²) in [5.74, 6) is -0.563. The van der Waals surface area contributed by atoms with Crippen LogP contribution in [0.4, 0.5) is 0 Å². The number of carbonyl (C=O) groups excluding carboxylic acids is 2. The summed E-state index contributed by atoms with van der Waals surface area (Å²) < 4.78 is 25.5. The zero-order valence-corrected chi connectivity index (χ0v) is 19.7. The van der Waals surface area contributed by atoms with Crippen LogP contribution in [0.15, 0.2) is 59.5 Å². The lowest BCUT2D eigenvalue weighted by atomic mass is 9.80. The van der Waals surface area contributed by atoms with E-state index in [0.29, 0.717) is 37.1 Å². The van der Waals surface area contributed by atoms with Crippen LogP contribution in [0.5, 0.6) is 0 Å². The Morgan fingerprint density at radius 3 is 2.22 bits per heavy atom. The van der Waals surface area contributed by atoms with Crippen LogP contribution in [0.2, 0.25) is 0 Å².